The first-order chi connectivity index (χ1) is 11.8. The van der Waals surface area contributed by atoms with Crippen LogP contribution in [0.2, 0.25) is 0 Å². The van der Waals surface area contributed by atoms with Gasteiger partial charge >= 0.3 is 0 Å². The predicted octanol–water partition coefficient (Wildman–Crippen LogP) is 1.01. The number of sulfonamides is 1. The van der Waals surface area contributed by atoms with Crippen LogP contribution in [0.25, 0.3) is 0 Å². The van der Waals surface area contributed by atoms with E-state index in [9.17, 15) is 18.0 Å². The van der Waals surface area contributed by atoms with Gasteiger partial charge in [0, 0.05) is 37.7 Å². The fourth-order valence-electron chi connectivity index (χ4n) is 3.52. The highest BCUT2D eigenvalue weighted by Crippen LogP contribution is 2.29. The van der Waals surface area contributed by atoms with Crippen LogP contribution < -0.4 is 10.6 Å². The Morgan fingerprint density at radius 1 is 1.20 bits per heavy atom. The van der Waals surface area contributed by atoms with E-state index < -0.39 is 10.0 Å². The van der Waals surface area contributed by atoms with Gasteiger partial charge in [-0.3, -0.25) is 9.59 Å². The zero-order valence-electron chi connectivity index (χ0n) is 14.3. The van der Waals surface area contributed by atoms with Gasteiger partial charge in [0.1, 0.15) is 0 Å². The van der Waals surface area contributed by atoms with E-state index in [4.69, 9.17) is 5.73 Å². The molecule has 8 heteroatoms. The number of nitrogens with two attached hydrogens (primary N) is 1. The maximum absolute atomic E-state index is 12.8. The van der Waals surface area contributed by atoms with Crippen molar-refractivity contribution in [1.29, 1.82) is 0 Å². The Labute approximate surface area is 147 Å². The molecule has 0 bridgehead atoms. The molecular formula is C17H23N3O4S. The maximum Gasteiger partial charge on any atom is 0.243 e. The summed E-state index contributed by atoms with van der Waals surface area (Å²) in [5.74, 6) is -0.545. The van der Waals surface area contributed by atoms with Crippen LogP contribution in [0.5, 0.6) is 0 Å². The van der Waals surface area contributed by atoms with Gasteiger partial charge in [0.25, 0.3) is 0 Å². The minimum atomic E-state index is -3.61. The molecule has 2 aliphatic rings. The Kier molecular flexibility index (Phi) is 4.83. The molecule has 1 aromatic rings. The maximum atomic E-state index is 12.8. The minimum Gasteiger partial charge on any atom is -0.369 e. The van der Waals surface area contributed by atoms with Gasteiger partial charge in [-0.1, -0.05) is 0 Å². The van der Waals surface area contributed by atoms with Gasteiger partial charge in [-0.2, -0.15) is 4.31 Å². The quantitative estimate of drug-likeness (QED) is 0.860. The number of anilines is 1. The molecule has 0 unspecified atom stereocenters. The van der Waals surface area contributed by atoms with E-state index in [0.29, 0.717) is 38.9 Å². The number of piperidine rings is 1. The zero-order chi connectivity index (χ0) is 18.2. The molecule has 2 amide bonds. The van der Waals surface area contributed by atoms with Crippen LogP contribution in [0.3, 0.4) is 0 Å². The van der Waals surface area contributed by atoms with Crippen molar-refractivity contribution in [2.45, 2.75) is 37.5 Å². The van der Waals surface area contributed by atoms with Crippen LogP contribution in [0.1, 0.15) is 31.2 Å². The van der Waals surface area contributed by atoms with Crippen molar-refractivity contribution in [3.63, 3.8) is 0 Å². The fraction of sp³-hybridized carbons (Fsp3) is 0.529. The molecule has 1 aromatic carbocycles. The van der Waals surface area contributed by atoms with Crippen LogP contribution in [-0.2, 0) is 19.6 Å². The molecule has 0 saturated carbocycles. The molecule has 2 aliphatic heterocycles. The highest BCUT2D eigenvalue weighted by Gasteiger charge is 2.32. The summed E-state index contributed by atoms with van der Waals surface area (Å²) >= 11 is 0. The van der Waals surface area contributed by atoms with Gasteiger partial charge in [0.2, 0.25) is 21.8 Å². The van der Waals surface area contributed by atoms with Crippen LogP contribution in [0.15, 0.2) is 23.1 Å². The molecule has 0 spiro atoms. The first kappa shape index (κ1) is 17.9. The lowest BCUT2D eigenvalue weighted by molar-refractivity contribution is -0.122. The summed E-state index contributed by atoms with van der Waals surface area (Å²) in [4.78, 5) is 25.1. The van der Waals surface area contributed by atoms with E-state index >= 15 is 0 Å². The number of carbonyl (C=O) groups is 2. The normalized spacial score (nSPS) is 20.2. The van der Waals surface area contributed by atoms with Crippen molar-refractivity contribution in [3.8, 4) is 0 Å². The number of primary amides is 1. The third-order valence-electron chi connectivity index (χ3n) is 5.03. The third kappa shape index (κ3) is 3.41. The SMILES string of the molecule is Cc1cc(S(=O)(=O)N2CCC(C(N)=O)CC2)ccc1N1CCCC1=O. The molecule has 0 aliphatic carbocycles. The standard InChI is InChI=1S/C17H23N3O4S/c1-12-11-14(4-5-15(12)20-8-2-3-16(20)21)25(23,24)19-9-6-13(7-10-19)17(18)22/h4-5,11,13H,2-3,6-10H2,1H3,(H2,18,22). The van der Waals surface area contributed by atoms with Gasteiger partial charge in [-0.15, -0.1) is 0 Å². The van der Waals surface area contributed by atoms with Crippen molar-refractivity contribution in [2.24, 2.45) is 11.7 Å². The van der Waals surface area contributed by atoms with Gasteiger partial charge in [-0.25, -0.2) is 8.42 Å². The Hall–Kier alpha value is -1.93. The lowest BCUT2D eigenvalue weighted by Crippen LogP contribution is -2.41. The summed E-state index contributed by atoms with van der Waals surface area (Å²) in [6, 6.07) is 4.89. The molecule has 0 radical (unpaired) electrons. The number of carbonyl (C=O) groups excluding carboxylic acids is 2. The smallest absolute Gasteiger partial charge is 0.243 e. The monoisotopic (exact) mass is 365 g/mol. The molecule has 2 heterocycles. The Morgan fingerprint density at radius 3 is 2.40 bits per heavy atom. The largest absolute Gasteiger partial charge is 0.369 e. The van der Waals surface area contributed by atoms with Crippen molar-refractivity contribution in [2.75, 3.05) is 24.5 Å². The average molecular weight is 365 g/mol. The topological polar surface area (TPSA) is 101 Å². The molecule has 2 N–H and O–H groups in total. The van der Waals surface area contributed by atoms with E-state index in [1.54, 1.807) is 23.1 Å². The highest BCUT2D eigenvalue weighted by atomic mass is 32.2. The summed E-state index contributed by atoms with van der Waals surface area (Å²) in [5.41, 5.74) is 6.84. The third-order valence-corrected chi connectivity index (χ3v) is 6.92. The van der Waals surface area contributed by atoms with Crippen molar-refractivity contribution in [3.05, 3.63) is 23.8 Å². The number of benzene rings is 1. The second-order valence-corrected chi connectivity index (χ2v) is 8.62. The summed E-state index contributed by atoms with van der Waals surface area (Å²) in [5, 5.41) is 0. The van der Waals surface area contributed by atoms with E-state index in [2.05, 4.69) is 0 Å². The van der Waals surface area contributed by atoms with Crippen LogP contribution in [0, 0.1) is 12.8 Å². The number of rotatable bonds is 4. The first-order valence-electron chi connectivity index (χ1n) is 8.51. The molecule has 0 atom stereocenters. The van der Waals surface area contributed by atoms with E-state index in [1.807, 2.05) is 6.92 Å². The lowest BCUT2D eigenvalue weighted by Gasteiger charge is -2.30. The van der Waals surface area contributed by atoms with E-state index in [0.717, 1.165) is 17.7 Å². The predicted molar refractivity (Wildman–Crippen MR) is 93.4 cm³/mol. The molecule has 136 valence electrons. The number of amides is 2. The summed E-state index contributed by atoms with van der Waals surface area (Å²) in [6.45, 7) is 3.08. The average Bonchev–Trinajstić information content (AvgIpc) is 3.00. The Balaban J connectivity index is 1.80. The molecule has 25 heavy (non-hydrogen) atoms. The summed E-state index contributed by atoms with van der Waals surface area (Å²) < 4.78 is 27.1. The summed E-state index contributed by atoms with van der Waals surface area (Å²) in [6.07, 6.45) is 2.27. The second-order valence-electron chi connectivity index (χ2n) is 6.68. The van der Waals surface area contributed by atoms with Gasteiger partial charge in [0.15, 0.2) is 0 Å². The molecule has 3 rings (SSSR count). The second kappa shape index (κ2) is 6.76. The lowest BCUT2D eigenvalue weighted by atomic mass is 9.98. The van der Waals surface area contributed by atoms with Crippen LogP contribution in [0.4, 0.5) is 5.69 Å². The van der Waals surface area contributed by atoms with Gasteiger partial charge in [-0.05, 0) is 49.9 Å². The van der Waals surface area contributed by atoms with E-state index in [1.165, 1.54) is 4.31 Å². The van der Waals surface area contributed by atoms with Crippen molar-refractivity contribution in [1.82, 2.24) is 4.31 Å². The first-order valence-corrected chi connectivity index (χ1v) is 9.95. The van der Waals surface area contributed by atoms with Crippen LogP contribution in [-0.4, -0.2) is 44.2 Å². The molecule has 2 saturated heterocycles. The molecule has 7 nitrogen and oxygen atoms in total. The molecule has 2 fully saturated rings. The highest BCUT2D eigenvalue weighted by molar-refractivity contribution is 7.89. The van der Waals surface area contributed by atoms with Crippen LogP contribution >= 0.6 is 0 Å². The van der Waals surface area contributed by atoms with Crippen molar-refractivity contribution >= 4 is 27.5 Å². The summed E-state index contributed by atoms with van der Waals surface area (Å²) in [7, 11) is -3.61. The fourth-order valence-corrected chi connectivity index (χ4v) is 5.08. The Morgan fingerprint density at radius 2 is 1.88 bits per heavy atom. The number of aryl methyl sites for hydroxylation is 1. The van der Waals surface area contributed by atoms with E-state index in [-0.39, 0.29) is 22.6 Å². The van der Waals surface area contributed by atoms with Gasteiger partial charge < -0.3 is 10.6 Å². The number of hydrogen-bond donors (Lipinski definition) is 1. The molecule has 0 aromatic heterocycles. The molecular weight excluding hydrogens is 342 g/mol. The minimum absolute atomic E-state index is 0.0761. The number of nitrogens with zero attached hydrogens (tertiary/aromatic N) is 2. The zero-order valence-corrected chi connectivity index (χ0v) is 15.1. The Bertz CT molecular complexity index is 798. The van der Waals surface area contributed by atoms with Gasteiger partial charge in [0.05, 0.1) is 4.90 Å². The van der Waals surface area contributed by atoms with Crippen molar-refractivity contribution < 1.29 is 18.0 Å². The number of hydrogen-bond acceptors (Lipinski definition) is 4.